The second-order valence-corrected chi connectivity index (χ2v) is 10.4. The number of rotatable bonds is 1. The zero-order valence-electron chi connectivity index (χ0n) is 17.5. The van der Waals surface area contributed by atoms with Crippen LogP contribution in [-0.4, -0.2) is 58.3 Å². The summed E-state index contributed by atoms with van der Waals surface area (Å²) in [7, 11) is 0. The average molecular weight is 514 g/mol. The van der Waals surface area contributed by atoms with Crippen LogP contribution in [0.3, 0.4) is 0 Å². The lowest BCUT2D eigenvalue weighted by molar-refractivity contribution is 0.0209. The van der Waals surface area contributed by atoms with Gasteiger partial charge >= 0.3 is 6.09 Å². The van der Waals surface area contributed by atoms with Gasteiger partial charge in [0.1, 0.15) is 22.7 Å². The molecule has 0 saturated carbocycles. The second kappa shape index (κ2) is 7.33. The van der Waals surface area contributed by atoms with Crippen molar-refractivity contribution in [3.63, 3.8) is 0 Å². The van der Waals surface area contributed by atoms with Crippen molar-refractivity contribution in [2.45, 2.75) is 57.7 Å². The number of likely N-dealkylation sites (tertiary alicyclic amines) is 1. The van der Waals surface area contributed by atoms with Crippen LogP contribution in [0.2, 0.25) is 5.28 Å². The molecule has 7 nitrogen and oxygen atoms in total. The Morgan fingerprint density at radius 1 is 1.26 bits per heavy atom. The largest absolute Gasteiger partial charge is 0.492 e. The molecule has 1 amide bonds. The first-order valence-corrected chi connectivity index (χ1v) is 11.6. The SMILES string of the molecule is CC(C)(C)OC(=O)N1C[C@H]2CC[C@@H](C1)N2c1nc(Cl)nc2c(F)c(Br)c3c(c12)OCC3. The molecule has 2 fully saturated rings. The zero-order chi connectivity index (χ0) is 22.1. The lowest BCUT2D eigenvalue weighted by atomic mass is 10.1. The molecule has 2 bridgehead atoms. The van der Waals surface area contributed by atoms with Crippen LogP contribution in [0.4, 0.5) is 15.0 Å². The Morgan fingerprint density at radius 2 is 1.94 bits per heavy atom. The summed E-state index contributed by atoms with van der Waals surface area (Å²) in [5.74, 6) is 0.740. The Balaban J connectivity index is 1.56. The van der Waals surface area contributed by atoms with Crippen molar-refractivity contribution in [2.24, 2.45) is 0 Å². The molecular formula is C21H23BrClFN4O3. The van der Waals surface area contributed by atoms with E-state index in [1.165, 1.54) is 0 Å². The van der Waals surface area contributed by atoms with E-state index in [4.69, 9.17) is 21.1 Å². The summed E-state index contributed by atoms with van der Waals surface area (Å²) in [6.45, 7) is 7.08. The summed E-state index contributed by atoms with van der Waals surface area (Å²) in [4.78, 5) is 25.3. The molecule has 0 spiro atoms. The molecule has 2 atom stereocenters. The maximum atomic E-state index is 15.2. The van der Waals surface area contributed by atoms with Gasteiger partial charge in [-0.15, -0.1) is 0 Å². The van der Waals surface area contributed by atoms with Gasteiger partial charge < -0.3 is 19.3 Å². The van der Waals surface area contributed by atoms with E-state index in [9.17, 15) is 4.79 Å². The fraction of sp³-hybridized carbons (Fsp3) is 0.571. The molecule has 2 aromatic rings. The number of aromatic nitrogens is 2. The van der Waals surface area contributed by atoms with E-state index in [1.54, 1.807) is 4.90 Å². The lowest BCUT2D eigenvalue weighted by Gasteiger charge is -2.42. The lowest BCUT2D eigenvalue weighted by Crippen LogP contribution is -2.56. The molecule has 3 aliphatic heterocycles. The topological polar surface area (TPSA) is 67.8 Å². The Kier molecular flexibility index (Phi) is 4.97. The maximum Gasteiger partial charge on any atom is 0.410 e. The molecule has 0 aliphatic carbocycles. The second-order valence-electron chi connectivity index (χ2n) is 9.25. The van der Waals surface area contributed by atoms with Gasteiger partial charge in [-0.25, -0.2) is 14.2 Å². The third-order valence-corrected chi connectivity index (χ3v) is 7.00. The van der Waals surface area contributed by atoms with Crippen molar-refractivity contribution < 1.29 is 18.7 Å². The van der Waals surface area contributed by atoms with E-state index in [1.807, 2.05) is 20.8 Å². The summed E-state index contributed by atoms with van der Waals surface area (Å²) in [5.41, 5.74) is 0.389. The van der Waals surface area contributed by atoms with Crippen LogP contribution in [0, 0.1) is 5.82 Å². The Hall–Kier alpha value is -1.87. The number of carbonyl (C=O) groups is 1. The number of benzene rings is 1. The number of fused-ring (bicyclic) bond motifs is 5. The Labute approximate surface area is 193 Å². The van der Waals surface area contributed by atoms with E-state index in [0.29, 0.717) is 47.5 Å². The molecule has 1 aromatic heterocycles. The molecule has 3 aliphatic rings. The molecule has 5 rings (SSSR count). The molecule has 1 aromatic carbocycles. The highest BCUT2D eigenvalue weighted by Crippen LogP contribution is 2.47. The molecular weight excluding hydrogens is 491 g/mol. The normalized spacial score (nSPS) is 22.6. The summed E-state index contributed by atoms with van der Waals surface area (Å²) in [6, 6.07) is 0.0633. The van der Waals surface area contributed by atoms with Gasteiger partial charge in [-0.1, -0.05) is 0 Å². The minimum absolute atomic E-state index is 0.0137. The summed E-state index contributed by atoms with van der Waals surface area (Å²) in [5, 5.41) is 0.542. The number of hydrogen-bond donors (Lipinski definition) is 0. The van der Waals surface area contributed by atoms with Crippen molar-refractivity contribution in [3.05, 3.63) is 21.1 Å². The van der Waals surface area contributed by atoms with Gasteiger partial charge in [-0.2, -0.15) is 4.98 Å². The summed E-state index contributed by atoms with van der Waals surface area (Å²) >= 11 is 9.58. The number of hydrogen-bond acceptors (Lipinski definition) is 6. The van der Waals surface area contributed by atoms with Crippen LogP contribution in [0.25, 0.3) is 10.9 Å². The van der Waals surface area contributed by atoms with Gasteiger partial charge in [-0.05, 0) is 61.1 Å². The van der Waals surface area contributed by atoms with Gasteiger partial charge in [0, 0.05) is 37.2 Å². The number of piperazine rings is 1. The molecule has 4 heterocycles. The first-order valence-electron chi connectivity index (χ1n) is 10.4. The van der Waals surface area contributed by atoms with Crippen molar-refractivity contribution in [1.82, 2.24) is 14.9 Å². The Morgan fingerprint density at radius 3 is 2.58 bits per heavy atom. The number of carbonyl (C=O) groups excluding carboxylic acids is 1. The van der Waals surface area contributed by atoms with Crippen molar-refractivity contribution in [3.8, 4) is 5.75 Å². The molecule has 0 radical (unpaired) electrons. The first-order chi connectivity index (χ1) is 14.6. The maximum absolute atomic E-state index is 15.2. The van der Waals surface area contributed by atoms with Gasteiger partial charge in [0.2, 0.25) is 5.28 Å². The van der Waals surface area contributed by atoms with E-state index >= 15 is 4.39 Å². The van der Waals surface area contributed by atoms with Crippen molar-refractivity contribution in [1.29, 1.82) is 0 Å². The van der Waals surface area contributed by atoms with E-state index in [-0.39, 0.29) is 29.0 Å². The highest BCUT2D eigenvalue weighted by atomic mass is 79.9. The van der Waals surface area contributed by atoms with Gasteiger partial charge in [-0.3, -0.25) is 0 Å². The summed E-state index contributed by atoms with van der Waals surface area (Å²) < 4.78 is 27.0. The number of anilines is 1. The monoisotopic (exact) mass is 512 g/mol. The van der Waals surface area contributed by atoms with Crippen LogP contribution in [0.5, 0.6) is 5.75 Å². The Bertz CT molecular complexity index is 1080. The number of nitrogens with zero attached hydrogens (tertiary/aromatic N) is 4. The molecule has 2 saturated heterocycles. The number of ether oxygens (including phenoxy) is 2. The summed E-state index contributed by atoms with van der Waals surface area (Å²) in [6.07, 6.45) is 2.10. The van der Waals surface area contributed by atoms with Gasteiger partial charge in [0.25, 0.3) is 0 Å². The van der Waals surface area contributed by atoms with E-state index in [2.05, 4.69) is 30.8 Å². The van der Waals surface area contributed by atoms with Crippen molar-refractivity contribution in [2.75, 3.05) is 24.6 Å². The highest BCUT2D eigenvalue weighted by Gasteiger charge is 2.44. The van der Waals surface area contributed by atoms with Crippen LogP contribution < -0.4 is 9.64 Å². The van der Waals surface area contributed by atoms with Crippen molar-refractivity contribution >= 4 is 50.3 Å². The number of halogens is 3. The van der Waals surface area contributed by atoms with Gasteiger partial charge in [0.15, 0.2) is 5.82 Å². The fourth-order valence-corrected chi connectivity index (χ4v) is 5.56. The van der Waals surface area contributed by atoms with Gasteiger partial charge in [0.05, 0.1) is 16.5 Å². The molecule has 31 heavy (non-hydrogen) atoms. The quantitative estimate of drug-likeness (QED) is 0.515. The highest BCUT2D eigenvalue weighted by molar-refractivity contribution is 9.10. The minimum atomic E-state index is -0.549. The van der Waals surface area contributed by atoms with Crippen LogP contribution in [0.15, 0.2) is 4.47 Å². The van der Waals surface area contributed by atoms with Crippen LogP contribution >= 0.6 is 27.5 Å². The average Bonchev–Trinajstić information content (AvgIpc) is 3.26. The van der Waals surface area contributed by atoms with Crippen LogP contribution in [0.1, 0.15) is 39.2 Å². The molecule has 0 unspecified atom stereocenters. The van der Waals surface area contributed by atoms with E-state index in [0.717, 1.165) is 18.4 Å². The smallest absolute Gasteiger partial charge is 0.410 e. The van der Waals surface area contributed by atoms with Crippen LogP contribution in [-0.2, 0) is 11.2 Å². The third-order valence-electron chi connectivity index (χ3n) is 6.01. The van der Waals surface area contributed by atoms with E-state index < -0.39 is 11.4 Å². The third kappa shape index (κ3) is 3.50. The predicted octanol–water partition coefficient (Wildman–Crippen LogP) is 4.71. The standard InChI is InChI=1S/C21H23BrClFN4O3/c1-21(2,3)31-20(29)27-8-10-4-5-11(9-27)28(10)18-13-16(25-19(23)26-18)15(24)14(22)12-6-7-30-17(12)13/h10-11H,4-9H2,1-3H3/t10-,11+. The molecule has 0 N–H and O–H groups in total. The predicted molar refractivity (Wildman–Crippen MR) is 119 cm³/mol. The number of amides is 1. The molecule has 10 heteroatoms. The fourth-order valence-electron chi connectivity index (χ4n) is 4.83. The minimum Gasteiger partial charge on any atom is -0.492 e. The molecule has 166 valence electrons. The first kappa shape index (κ1) is 21.0. The zero-order valence-corrected chi connectivity index (χ0v) is 19.9.